The first-order chi connectivity index (χ1) is 7.39. The first-order valence-electron chi connectivity index (χ1n) is 4.35. The van der Waals surface area contributed by atoms with Gasteiger partial charge in [0.1, 0.15) is 0 Å². The van der Waals surface area contributed by atoms with Gasteiger partial charge in [-0.25, -0.2) is 0 Å². The number of alkyl halides is 3. The molecule has 0 aromatic rings. The van der Waals surface area contributed by atoms with Crippen molar-refractivity contribution in [1.29, 1.82) is 0 Å². The van der Waals surface area contributed by atoms with E-state index in [2.05, 4.69) is 0 Å². The molecule has 1 aliphatic rings. The molecule has 0 N–H and O–H groups in total. The summed E-state index contributed by atoms with van der Waals surface area (Å²) in [5.74, 6) is 0. The Balaban J connectivity index is 2.86. The zero-order valence-corrected chi connectivity index (χ0v) is 8.07. The lowest BCUT2D eigenvalue weighted by Gasteiger charge is -2.10. The normalized spacial score (nSPS) is 16.9. The highest BCUT2D eigenvalue weighted by Gasteiger charge is 2.33. The Hall–Kier alpha value is -1.85. The van der Waals surface area contributed by atoms with Crippen LogP contribution >= 0.6 is 0 Å². The zero-order chi connectivity index (χ0) is 12.2. The Labute approximate surface area is 89.4 Å². The van der Waals surface area contributed by atoms with Crippen molar-refractivity contribution in [2.75, 3.05) is 0 Å². The molecule has 0 bridgehead atoms. The minimum Gasteiger partial charge on any atom is -0.259 e. The van der Waals surface area contributed by atoms with Gasteiger partial charge < -0.3 is 0 Å². The number of allylic oxidation sites excluding steroid dienone is 7. The molecule has 0 spiro atoms. The van der Waals surface area contributed by atoms with Crippen molar-refractivity contribution < 1.29 is 18.1 Å². The number of nitrogens with zero attached hydrogens (tertiary/aromatic N) is 1. The van der Waals surface area contributed by atoms with Crippen LogP contribution in [0.3, 0.4) is 0 Å². The molecule has 3 nitrogen and oxygen atoms in total. The summed E-state index contributed by atoms with van der Waals surface area (Å²) < 4.78 is 37.2. The third-order valence-electron chi connectivity index (χ3n) is 1.89. The third-order valence-corrected chi connectivity index (χ3v) is 1.89. The second-order valence-electron chi connectivity index (χ2n) is 3.09. The van der Waals surface area contributed by atoms with Crippen molar-refractivity contribution in [1.82, 2.24) is 0 Å². The van der Waals surface area contributed by atoms with E-state index >= 15 is 0 Å². The van der Waals surface area contributed by atoms with E-state index in [0.717, 1.165) is 12.2 Å². The summed E-state index contributed by atoms with van der Waals surface area (Å²) in [4.78, 5) is 9.33. The van der Waals surface area contributed by atoms with Gasteiger partial charge in [-0.1, -0.05) is 24.3 Å². The van der Waals surface area contributed by atoms with Gasteiger partial charge in [0.2, 0.25) is 6.20 Å². The number of hydrogen-bond donors (Lipinski definition) is 0. The van der Waals surface area contributed by atoms with Gasteiger partial charge >= 0.3 is 6.18 Å². The molecule has 0 saturated heterocycles. The van der Waals surface area contributed by atoms with E-state index < -0.39 is 16.7 Å². The molecular weight excluding hydrogens is 223 g/mol. The molecule has 0 fully saturated rings. The van der Waals surface area contributed by atoms with E-state index in [-0.39, 0.29) is 12.0 Å². The van der Waals surface area contributed by atoms with E-state index in [1.807, 2.05) is 0 Å². The maximum Gasteiger partial charge on any atom is 0.413 e. The topological polar surface area (TPSA) is 43.1 Å². The number of hydrogen-bond acceptors (Lipinski definition) is 2. The number of rotatable bonds is 2. The van der Waals surface area contributed by atoms with Gasteiger partial charge in [-0.05, 0) is 5.57 Å². The van der Waals surface area contributed by atoms with Crippen LogP contribution < -0.4 is 0 Å². The van der Waals surface area contributed by atoms with Crippen molar-refractivity contribution in [2.24, 2.45) is 0 Å². The van der Waals surface area contributed by atoms with Gasteiger partial charge in [-0.2, -0.15) is 13.2 Å². The van der Waals surface area contributed by atoms with Crippen LogP contribution in [0.5, 0.6) is 0 Å². The molecule has 0 radical (unpaired) electrons. The fourth-order valence-electron chi connectivity index (χ4n) is 1.15. The molecule has 0 saturated carbocycles. The molecule has 0 amide bonds. The van der Waals surface area contributed by atoms with E-state index in [4.69, 9.17) is 0 Å². The largest absolute Gasteiger partial charge is 0.413 e. The van der Waals surface area contributed by atoms with Gasteiger partial charge in [0, 0.05) is 18.1 Å². The number of halogens is 3. The predicted molar refractivity (Wildman–Crippen MR) is 52.1 cm³/mol. The average molecular weight is 231 g/mol. The molecule has 0 aromatic heterocycles. The summed E-state index contributed by atoms with van der Waals surface area (Å²) in [6.07, 6.45) is 1.97. The Bertz CT molecular complexity index is 403. The summed E-state index contributed by atoms with van der Waals surface area (Å²) >= 11 is 0. The maximum atomic E-state index is 12.4. The van der Waals surface area contributed by atoms with E-state index in [1.165, 1.54) is 18.2 Å². The van der Waals surface area contributed by atoms with Crippen molar-refractivity contribution >= 4 is 0 Å². The molecule has 86 valence electrons. The van der Waals surface area contributed by atoms with Crippen LogP contribution in [0.4, 0.5) is 13.2 Å². The molecule has 0 aromatic carbocycles. The van der Waals surface area contributed by atoms with Crippen molar-refractivity contribution in [2.45, 2.75) is 12.6 Å². The minimum absolute atomic E-state index is 0.244. The third kappa shape index (κ3) is 3.72. The van der Waals surface area contributed by atoms with Gasteiger partial charge in [-0.15, -0.1) is 0 Å². The van der Waals surface area contributed by atoms with Crippen LogP contribution in [0.2, 0.25) is 0 Å². The Morgan fingerprint density at radius 2 is 1.94 bits per heavy atom. The summed E-state index contributed by atoms with van der Waals surface area (Å²) in [6, 6.07) is 0. The minimum atomic E-state index is -4.41. The lowest BCUT2D eigenvalue weighted by molar-refractivity contribution is -0.402. The van der Waals surface area contributed by atoms with Crippen molar-refractivity contribution in [3.05, 3.63) is 57.8 Å². The maximum absolute atomic E-state index is 12.4. The highest BCUT2D eigenvalue weighted by atomic mass is 19.4. The molecular formula is C10H8F3NO2. The van der Waals surface area contributed by atoms with E-state index in [0.29, 0.717) is 6.20 Å². The first kappa shape index (κ1) is 12.2. The van der Waals surface area contributed by atoms with Crippen LogP contribution in [0.1, 0.15) is 6.42 Å². The van der Waals surface area contributed by atoms with Gasteiger partial charge in [-0.3, -0.25) is 10.1 Å². The van der Waals surface area contributed by atoms with Gasteiger partial charge in [0.05, 0.1) is 4.92 Å². The second kappa shape index (κ2) is 4.78. The van der Waals surface area contributed by atoms with Crippen LogP contribution in [0.15, 0.2) is 47.7 Å². The summed E-state index contributed by atoms with van der Waals surface area (Å²) in [6.45, 7) is 0. The zero-order valence-electron chi connectivity index (χ0n) is 8.07. The van der Waals surface area contributed by atoms with E-state index in [9.17, 15) is 23.3 Å². The van der Waals surface area contributed by atoms with Crippen LogP contribution in [-0.4, -0.2) is 11.1 Å². The molecule has 0 unspecified atom stereocenters. The second-order valence-corrected chi connectivity index (χ2v) is 3.09. The number of nitro groups is 1. The average Bonchev–Trinajstić information content (AvgIpc) is 2.38. The molecule has 1 rings (SSSR count). The highest BCUT2D eigenvalue weighted by molar-refractivity contribution is 5.35. The Morgan fingerprint density at radius 3 is 2.50 bits per heavy atom. The standard InChI is InChI=1S/C10H8F3NO2/c11-10(12,13)9-4-2-1-3-8(7-9)5-6-14(15)16/h1-6H,7H2/b6-5+. The van der Waals surface area contributed by atoms with Gasteiger partial charge in [0.15, 0.2) is 0 Å². The fraction of sp³-hybridized carbons (Fsp3) is 0.200. The van der Waals surface area contributed by atoms with Crippen molar-refractivity contribution in [3.8, 4) is 0 Å². The lowest BCUT2D eigenvalue weighted by atomic mass is 10.1. The quantitative estimate of drug-likeness (QED) is 0.541. The van der Waals surface area contributed by atoms with Gasteiger partial charge in [0.25, 0.3) is 0 Å². The van der Waals surface area contributed by atoms with Crippen LogP contribution in [0.25, 0.3) is 0 Å². The summed E-state index contributed by atoms with van der Waals surface area (Å²) in [5.41, 5.74) is -0.477. The SMILES string of the molecule is O=[N+]([O-])/C=C/C1=CC=CC=C(C(F)(F)F)C1. The molecule has 1 aliphatic carbocycles. The molecule has 0 aliphatic heterocycles. The van der Waals surface area contributed by atoms with Crippen LogP contribution in [-0.2, 0) is 0 Å². The van der Waals surface area contributed by atoms with Crippen LogP contribution in [0, 0.1) is 10.1 Å². The lowest BCUT2D eigenvalue weighted by Crippen LogP contribution is -2.11. The summed E-state index contributed by atoms with van der Waals surface area (Å²) in [5, 5.41) is 10.0. The molecule has 0 atom stereocenters. The Morgan fingerprint density at radius 1 is 1.31 bits per heavy atom. The smallest absolute Gasteiger partial charge is 0.259 e. The molecule has 0 heterocycles. The van der Waals surface area contributed by atoms with Crippen molar-refractivity contribution in [3.63, 3.8) is 0 Å². The molecule has 16 heavy (non-hydrogen) atoms. The highest BCUT2D eigenvalue weighted by Crippen LogP contribution is 2.31. The Kier molecular flexibility index (Phi) is 3.65. The van der Waals surface area contributed by atoms with E-state index in [1.54, 1.807) is 0 Å². The first-order valence-corrected chi connectivity index (χ1v) is 4.35. The predicted octanol–water partition coefficient (Wildman–Crippen LogP) is 3.15. The molecule has 6 heteroatoms. The monoisotopic (exact) mass is 231 g/mol. The fourth-order valence-corrected chi connectivity index (χ4v) is 1.15. The summed E-state index contributed by atoms with van der Waals surface area (Å²) in [7, 11) is 0.